The predicted molar refractivity (Wildman–Crippen MR) is 87.4 cm³/mol. The fourth-order valence-corrected chi connectivity index (χ4v) is 14.4. The van der Waals surface area contributed by atoms with E-state index in [1.54, 1.807) is 4.50 Å². The molecule has 1 heterocycles. The summed E-state index contributed by atoms with van der Waals surface area (Å²) in [5.74, 6) is 0. The van der Waals surface area contributed by atoms with Crippen molar-refractivity contribution in [1.29, 1.82) is 0 Å². The molecule has 0 spiro atoms. The van der Waals surface area contributed by atoms with Gasteiger partial charge >= 0.3 is 0 Å². The molecular formula is C14H25BrSSi. The number of aryl methyl sites for hydroxylation is 1. The molecule has 0 aliphatic rings. The highest BCUT2D eigenvalue weighted by atomic mass is 79.9. The standard InChI is InChI=1S/C14H25BrSSi/c1-9(2)17(10(3)4,11(5)6)14-8-13(15)12(7)16-14/h8-11H,1-7H3. The first-order valence-corrected chi connectivity index (χ1v) is 10.3. The smallest absolute Gasteiger partial charge is 0.107 e. The molecule has 98 valence electrons. The first-order chi connectivity index (χ1) is 7.74. The van der Waals surface area contributed by atoms with Crippen LogP contribution in [-0.4, -0.2) is 8.07 Å². The van der Waals surface area contributed by atoms with Crippen molar-refractivity contribution < 1.29 is 0 Å². The summed E-state index contributed by atoms with van der Waals surface area (Å²) in [6.07, 6.45) is 0. The maximum Gasteiger partial charge on any atom is 0.107 e. The average Bonchev–Trinajstić information content (AvgIpc) is 2.45. The lowest BCUT2D eigenvalue weighted by molar-refractivity contribution is 0.837. The fraction of sp³-hybridized carbons (Fsp3) is 0.714. The van der Waals surface area contributed by atoms with Crippen molar-refractivity contribution >= 4 is 39.8 Å². The van der Waals surface area contributed by atoms with Crippen molar-refractivity contribution in [3.05, 3.63) is 15.4 Å². The van der Waals surface area contributed by atoms with Gasteiger partial charge in [0.2, 0.25) is 0 Å². The molecule has 1 aromatic heterocycles. The van der Waals surface area contributed by atoms with Crippen LogP contribution in [-0.2, 0) is 0 Å². The summed E-state index contributed by atoms with van der Waals surface area (Å²) in [6.45, 7) is 16.8. The Morgan fingerprint density at radius 3 is 1.65 bits per heavy atom. The summed E-state index contributed by atoms with van der Waals surface area (Å²) < 4.78 is 2.98. The average molecular weight is 333 g/mol. The van der Waals surface area contributed by atoms with Crippen LogP contribution in [0.15, 0.2) is 10.5 Å². The van der Waals surface area contributed by atoms with E-state index in [0.717, 1.165) is 16.6 Å². The third kappa shape index (κ3) is 2.57. The molecule has 1 rings (SSSR count). The minimum atomic E-state index is -1.43. The van der Waals surface area contributed by atoms with Crippen LogP contribution in [0.25, 0.3) is 0 Å². The van der Waals surface area contributed by atoms with Gasteiger partial charge in [0, 0.05) is 9.35 Å². The number of hydrogen-bond donors (Lipinski definition) is 0. The molecule has 0 aliphatic heterocycles. The molecule has 0 amide bonds. The van der Waals surface area contributed by atoms with Gasteiger partial charge in [-0.25, -0.2) is 0 Å². The van der Waals surface area contributed by atoms with Crippen LogP contribution in [0.2, 0.25) is 16.6 Å². The van der Waals surface area contributed by atoms with E-state index in [1.165, 1.54) is 9.35 Å². The molecule has 17 heavy (non-hydrogen) atoms. The second-order valence-electron chi connectivity index (χ2n) is 5.91. The molecule has 1 aromatic rings. The van der Waals surface area contributed by atoms with Crippen LogP contribution in [0.4, 0.5) is 0 Å². The summed E-state index contributed by atoms with van der Waals surface area (Å²) in [6, 6.07) is 2.41. The Hall–Kier alpha value is 0.397. The first-order valence-electron chi connectivity index (χ1n) is 6.50. The topological polar surface area (TPSA) is 0 Å². The summed E-state index contributed by atoms with van der Waals surface area (Å²) in [5.41, 5.74) is 2.40. The Kier molecular flexibility index (Phi) is 5.07. The molecule has 0 aromatic carbocycles. The molecule has 0 fully saturated rings. The summed E-state index contributed by atoms with van der Waals surface area (Å²) >= 11 is 5.71. The molecule has 0 atom stereocenters. The SMILES string of the molecule is Cc1sc([Si](C(C)C)(C(C)C)C(C)C)cc1Br. The predicted octanol–water partition coefficient (Wildman–Crippen LogP) is 5.70. The van der Waals surface area contributed by atoms with Gasteiger partial charge in [0.25, 0.3) is 0 Å². The van der Waals surface area contributed by atoms with Crippen molar-refractivity contribution in [1.82, 2.24) is 0 Å². The first kappa shape index (κ1) is 15.5. The monoisotopic (exact) mass is 332 g/mol. The van der Waals surface area contributed by atoms with Gasteiger partial charge in [0.15, 0.2) is 0 Å². The van der Waals surface area contributed by atoms with Gasteiger partial charge in [-0.2, -0.15) is 0 Å². The Morgan fingerprint density at radius 2 is 1.41 bits per heavy atom. The maximum absolute atomic E-state index is 3.69. The zero-order valence-corrected chi connectivity index (χ0v) is 15.5. The van der Waals surface area contributed by atoms with Crippen molar-refractivity contribution in [3.63, 3.8) is 0 Å². The van der Waals surface area contributed by atoms with Crippen molar-refractivity contribution in [2.75, 3.05) is 0 Å². The van der Waals surface area contributed by atoms with E-state index >= 15 is 0 Å². The van der Waals surface area contributed by atoms with Crippen molar-refractivity contribution in [3.8, 4) is 0 Å². The van der Waals surface area contributed by atoms with Crippen molar-refractivity contribution in [2.24, 2.45) is 0 Å². The molecule has 0 nitrogen and oxygen atoms in total. The summed E-state index contributed by atoms with van der Waals surface area (Å²) in [7, 11) is -1.43. The lowest BCUT2D eigenvalue weighted by Gasteiger charge is -2.42. The Morgan fingerprint density at radius 1 is 1.00 bits per heavy atom. The lowest BCUT2D eigenvalue weighted by Crippen LogP contribution is -2.54. The zero-order valence-electron chi connectivity index (χ0n) is 12.1. The van der Waals surface area contributed by atoms with Gasteiger partial charge in [0.05, 0.1) is 0 Å². The molecule has 0 saturated carbocycles. The summed E-state index contributed by atoms with van der Waals surface area (Å²) in [4.78, 5) is 1.43. The zero-order chi connectivity index (χ0) is 13.4. The fourth-order valence-electron chi connectivity index (χ4n) is 3.53. The van der Waals surface area contributed by atoms with E-state index in [9.17, 15) is 0 Å². The molecule has 0 radical (unpaired) electrons. The number of thiophene rings is 1. The highest BCUT2D eigenvalue weighted by Gasteiger charge is 2.45. The van der Waals surface area contributed by atoms with E-state index in [1.807, 2.05) is 11.3 Å². The van der Waals surface area contributed by atoms with E-state index in [2.05, 4.69) is 70.5 Å². The third-order valence-electron chi connectivity index (χ3n) is 4.15. The van der Waals surface area contributed by atoms with Gasteiger partial charge in [-0.3, -0.25) is 0 Å². The van der Waals surface area contributed by atoms with Crippen molar-refractivity contribution in [2.45, 2.75) is 65.1 Å². The van der Waals surface area contributed by atoms with Crippen LogP contribution in [0.5, 0.6) is 0 Å². The maximum atomic E-state index is 3.69. The molecule has 3 heteroatoms. The Balaban J connectivity index is 3.41. The van der Waals surface area contributed by atoms with Gasteiger partial charge in [-0.1, -0.05) is 41.5 Å². The largest absolute Gasteiger partial charge is 0.149 e. The van der Waals surface area contributed by atoms with Gasteiger partial charge in [-0.05, 0) is 50.0 Å². The second kappa shape index (κ2) is 5.58. The van der Waals surface area contributed by atoms with Gasteiger partial charge in [-0.15, -0.1) is 11.3 Å². The van der Waals surface area contributed by atoms with Gasteiger partial charge in [0.1, 0.15) is 8.07 Å². The number of halogens is 1. The summed E-state index contributed by atoms with van der Waals surface area (Å²) in [5, 5.41) is 0. The highest BCUT2D eigenvalue weighted by molar-refractivity contribution is 9.10. The Bertz CT molecular complexity index is 338. The van der Waals surface area contributed by atoms with Crippen LogP contribution in [0, 0.1) is 6.92 Å². The highest BCUT2D eigenvalue weighted by Crippen LogP contribution is 2.43. The Labute approximate surface area is 120 Å². The third-order valence-corrected chi connectivity index (χ3v) is 14.2. The normalized spacial score (nSPS) is 13.1. The number of rotatable bonds is 4. The minimum Gasteiger partial charge on any atom is -0.149 e. The van der Waals surface area contributed by atoms with Gasteiger partial charge < -0.3 is 0 Å². The second-order valence-corrected chi connectivity index (χ2v) is 14.3. The van der Waals surface area contributed by atoms with E-state index in [0.29, 0.717) is 0 Å². The lowest BCUT2D eigenvalue weighted by atomic mass is 10.5. The van der Waals surface area contributed by atoms with Crippen LogP contribution < -0.4 is 4.50 Å². The van der Waals surface area contributed by atoms with E-state index in [-0.39, 0.29) is 0 Å². The number of hydrogen-bond acceptors (Lipinski definition) is 1. The molecule has 0 N–H and O–H groups in total. The quantitative estimate of drug-likeness (QED) is 0.620. The van der Waals surface area contributed by atoms with Crippen LogP contribution in [0.3, 0.4) is 0 Å². The van der Waals surface area contributed by atoms with E-state index in [4.69, 9.17) is 0 Å². The van der Waals surface area contributed by atoms with Crippen LogP contribution in [0.1, 0.15) is 46.4 Å². The molecule has 0 unspecified atom stereocenters. The van der Waals surface area contributed by atoms with E-state index < -0.39 is 8.07 Å². The minimum absolute atomic E-state index is 0.799. The molecular weight excluding hydrogens is 308 g/mol. The molecule has 0 bridgehead atoms. The molecule has 0 aliphatic carbocycles. The van der Waals surface area contributed by atoms with Crippen LogP contribution >= 0.6 is 27.3 Å². The molecule has 0 saturated heterocycles.